The zero-order chi connectivity index (χ0) is 20.8. The van der Waals surface area contributed by atoms with E-state index in [0.717, 1.165) is 0 Å². The Bertz CT molecular complexity index is 994. The maximum Gasteiger partial charge on any atom is 0.387 e. The highest BCUT2D eigenvalue weighted by molar-refractivity contribution is 5.97. The van der Waals surface area contributed by atoms with Crippen molar-refractivity contribution in [2.75, 3.05) is 10.6 Å². The Hall–Kier alpha value is -3.76. The van der Waals surface area contributed by atoms with E-state index in [1.807, 2.05) is 6.92 Å². The summed E-state index contributed by atoms with van der Waals surface area (Å²) >= 11 is 0. The molecule has 0 aliphatic carbocycles. The van der Waals surface area contributed by atoms with Gasteiger partial charge < -0.3 is 21.1 Å². The van der Waals surface area contributed by atoms with Crippen LogP contribution >= 0.6 is 0 Å². The number of aryl methyl sites for hydroxylation is 1. The minimum Gasteiger partial charge on any atom is -0.434 e. The number of alkyl halides is 2. The Morgan fingerprint density at radius 2 is 2.10 bits per heavy atom. The topological polar surface area (TPSA) is 120 Å². The van der Waals surface area contributed by atoms with Gasteiger partial charge in [0.2, 0.25) is 5.95 Å². The summed E-state index contributed by atoms with van der Waals surface area (Å²) in [6.45, 7) is -0.216. The molecule has 3 aromatic rings. The Morgan fingerprint density at radius 3 is 2.79 bits per heavy atom. The predicted molar refractivity (Wildman–Crippen MR) is 102 cm³/mol. The summed E-state index contributed by atoms with van der Waals surface area (Å²) in [5, 5.41) is 10.1. The largest absolute Gasteiger partial charge is 0.434 e. The first kappa shape index (κ1) is 20.0. The molecule has 0 atom stereocenters. The van der Waals surface area contributed by atoms with Crippen molar-refractivity contribution in [2.45, 2.75) is 26.6 Å². The average molecular weight is 403 g/mol. The summed E-state index contributed by atoms with van der Waals surface area (Å²) in [6.07, 6.45) is 4.67. The van der Waals surface area contributed by atoms with Crippen LogP contribution in [0.4, 0.5) is 26.2 Å². The van der Waals surface area contributed by atoms with Crippen molar-refractivity contribution < 1.29 is 18.3 Å². The second-order valence-corrected chi connectivity index (χ2v) is 5.87. The second-order valence-electron chi connectivity index (χ2n) is 5.87. The molecule has 1 amide bonds. The van der Waals surface area contributed by atoms with Crippen LogP contribution in [0.1, 0.15) is 22.8 Å². The molecule has 0 fully saturated rings. The molecule has 9 nitrogen and oxygen atoms in total. The Kier molecular flexibility index (Phi) is 6.17. The van der Waals surface area contributed by atoms with Gasteiger partial charge in [0.1, 0.15) is 11.6 Å². The number of primary amides is 1. The van der Waals surface area contributed by atoms with Crippen molar-refractivity contribution in [3.8, 4) is 5.75 Å². The van der Waals surface area contributed by atoms with Crippen LogP contribution in [-0.4, -0.2) is 32.3 Å². The predicted octanol–water partition coefficient (Wildman–Crippen LogP) is 2.75. The highest BCUT2D eigenvalue weighted by Gasteiger charge is 2.14. The number of nitrogens with one attached hydrogen (secondary N) is 2. The summed E-state index contributed by atoms with van der Waals surface area (Å²) in [4.78, 5) is 20.1. The SMILES string of the molecule is CCn1cc(Nc2ncc(C(N)=O)c(NCc3ccccc3OC(F)F)n2)cn1. The molecule has 0 saturated carbocycles. The number of rotatable bonds is 9. The number of benzene rings is 1. The molecule has 2 heterocycles. The number of amides is 1. The van der Waals surface area contributed by atoms with Gasteiger partial charge in [0.15, 0.2) is 0 Å². The number of carbonyl (C=O) groups excluding carboxylic acids is 1. The van der Waals surface area contributed by atoms with E-state index in [4.69, 9.17) is 5.73 Å². The van der Waals surface area contributed by atoms with Crippen LogP contribution in [0, 0.1) is 0 Å². The van der Waals surface area contributed by atoms with Crippen molar-refractivity contribution in [1.82, 2.24) is 19.7 Å². The van der Waals surface area contributed by atoms with Crippen LogP contribution < -0.4 is 21.1 Å². The monoisotopic (exact) mass is 403 g/mol. The number of hydrogen-bond acceptors (Lipinski definition) is 7. The van der Waals surface area contributed by atoms with Crippen LogP contribution in [0.5, 0.6) is 5.75 Å². The lowest BCUT2D eigenvalue weighted by Gasteiger charge is -2.13. The van der Waals surface area contributed by atoms with E-state index >= 15 is 0 Å². The first-order valence-electron chi connectivity index (χ1n) is 8.69. The van der Waals surface area contributed by atoms with Gasteiger partial charge in [-0.2, -0.15) is 18.9 Å². The van der Waals surface area contributed by atoms with Gasteiger partial charge in [-0.05, 0) is 13.0 Å². The number of halogens is 2. The fourth-order valence-corrected chi connectivity index (χ4v) is 2.53. The van der Waals surface area contributed by atoms with Crippen LogP contribution in [0.15, 0.2) is 42.9 Å². The number of para-hydroxylation sites is 1. The van der Waals surface area contributed by atoms with Gasteiger partial charge in [0, 0.05) is 31.0 Å². The number of nitrogens with zero attached hydrogens (tertiary/aromatic N) is 4. The first-order valence-corrected chi connectivity index (χ1v) is 8.69. The number of ether oxygens (including phenoxy) is 1. The minimum atomic E-state index is -2.95. The van der Waals surface area contributed by atoms with Gasteiger partial charge >= 0.3 is 6.61 Å². The van der Waals surface area contributed by atoms with Crippen molar-refractivity contribution in [1.29, 1.82) is 0 Å². The molecule has 0 unspecified atom stereocenters. The summed E-state index contributed by atoms with van der Waals surface area (Å²) < 4.78 is 31.4. The lowest BCUT2D eigenvalue weighted by atomic mass is 10.2. The number of nitrogens with two attached hydrogens (primary N) is 1. The quantitative estimate of drug-likeness (QED) is 0.502. The second kappa shape index (κ2) is 8.95. The van der Waals surface area contributed by atoms with Crippen LogP contribution in [-0.2, 0) is 13.1 Å². The molecule has 29 heavy (non-hydrogen) atoms. The van der Waals surface area contributed by atoms with Gasteiger partial charge in [0.05, 0.1) is 17.4 Å². The van der Waals surface area contributed by atoms with Crippen LogP contribution in [0.25, 0.3) is 0 Å². The van der Waals surface area contributed by atoms with E-state index < -0.39 is 12.5 Å². The molecule has 0 spiro atoms. The van der Waals surface area contributed by atoms with Gasteiger partial charge in [-0.3, -0.25) is 9.48 Å². The maximum atomic E-state index is 12.6. The fraction of sp³-hybridized carbons (Fsp3) is 0.222. The summed E-state index contributed by atoms with van der Waals surface area (Å²) in [5.41, 5.74) is 6.57. The first-order chi connectivity index (χ1) is 14.0. The number of anilines is 3. The van der Waals surface area contributed by atoms with E-state index in [1.165, 1.54) is 12.3 Å². The molecule has 0 saturated heterocycles. The van der Waals surface area contributed by atoms with E-state index in [2.05, 4.69) is 30.4 Å². The summed E-state index contributed by atoms with van der Waals surface area (Å²) in [6, 6.07) is 6.31. The van der Waals surface area contributed by atoms with Crippen molar-refractivity contribution in [3.05, 3.63) is 54.0 Å². The summed E-state index contributed by atoms with van der Waals surface area (Å²) in [7, 11) is 0. The van der Waals surface area contributed by atoms with Crippen LogP contribution in [0.3, 0.4) is 0 Å². The normalized spacial score (nSPS) is 10.8. The molecular weight excluding hydrogens is 384 g/mol. The molecule has 2 aromatic heterocycles. The Labute approximate surface area is 164 Å². The number of carbonyl (C=O) groups is 1. The highest BCUT2D eigenvalue weighted by atomic mass is 19.3. The Balaban J connectivity index is 1.81. The third-order valence-electron chi connectivity index (χ3n) is 3.90. The molecule has 1 aromatic carbocycles. The van der Waals surface area contributed by atoms with Gasteiger partial charge in [0.25, 0.3) is 5.91 Å². The fourth-order valence-electron chi connectivity index (χ4n) is 2.53. The number of hydrogen-bond donors (Lipinski definition) is 3. The summed E-state index contributed by atoms with van der Waals surface area (Å²) in [5.74, 6) is -0.333. The lowest BCUT2D eigenvalue weighted by Crippen LogP contribution is -2.17. The van der Waals surface area contributed by atoms with Crippen molar-refractivity contribution in [2.24, 2.45) is 5.73 Å². The van der Waals surface area contributed by atoms with Gasteiger partial charge in [-0.1, -0.05) is 18.2 Å². The van der Waals surface area contributed by atoms with Gasteiger partial charge in [-0.25, -0.2) is 4.98 Å². The molecule has 0 aliphatic rings. The van der Waals surface area contributed by atoms with Crippen molar-refractivity contribution in [3.63, 3.8) is 0 Å². The standard InChI is InChI=1S/C18H19F2N7O2/c1-2-27-10-12(8-24-27)25-18-23-9-13(15(21)28)16(26-18)22-7-11-5-3-4-6-14(11)29-17(19)20/h3-6,8-10,17H,2,7H2,1H3,(H2,21,28)(H2,22,23,25,26). The molecule has 3 rings (SSSR count). The lowest BCUT2D eigenvalue weighted by molar-refractivity contribution is -0.0504. The molecule has 0 aliphatic heterocycles. The van der Waals surface area contributed by atoms with Gasteiger partial charge in [-0.15, -0.1) is 0 Å². The molecule has 152 valence electrons. The average Bonchev–Trinajstić information content (AvgIpc) is 3.14. The van der Waals surface area contributed by atoms with E-state index in [-0.39, 0.29) is 29.6 Å². The molecule has 4 N–H and O–H groups in total. The Morgan fingerprint density at radius 1 is 1.31 bits per heavy atom. The minimum absolute atomic E-state index is 0.0232. The molecule has 11 heteroatoms. The number of aromatic nitrogens is 4. The zero-order valence-corrected chi connectivity index (χ0v) is 15.5. The van der Waals surface area contributed by atoms with E-state index in [0.29, 0.717) is 17.8 Å². The van der Waals surface area contributed by atoms with E-state index in [9.17, 15) is 13.6 Å². The van der Waals surface area contributed by atoms with Crippen molar-refractivity contribution >= 4 is 23.4 Å². The molecule has 0 bridgehead atoms. The third-order valence-corrected chi connectivity index (χ3v) is 3.90. The smallest absolute Gasteiger partial charge is 0.387 e. The molecular formula is C18H19F2N7O2. The maximum absolute atomic E-state index is 12.6. The highest BCUT2D eigenvalue weighted by Crippen LogP contribution is 2.23. The van der Waals surface area contributed by atoms with E-state index in [1.54, 1.807) is 35.3 Å². The molecule has 0 radical (unpaired) electrons. The third kappa shape index (κ3) is 5.15. The van der Waals surface area contributed by atoms with Crippen LogP contribution in [0.2, 0.25) is 0 Å². The zero-order valence-electron chi connectivity index (χ0n) is 15.5.